The number of carbonyl (C=O) groups excluding carboxylic acids is 1. The Morgan fingerprint density at radius 2 is 2.05 bits per heavy atom. The molecule has 0 fully saturated rings. The van der Waals surface area contributed by atoms with Gasteiger partial charge in [-0.2, -0.15) is 0 Å². The van der Waals surface area contributed by atoms with E-state index in [9.17, 15) is 4.79 Å². The van der Waals surface area contributed by atoms with E-state index < -0.39 is 0 Å². The summed E-state index contributed by atoms with van der Waals surface area (Å²) in [6.45, 7) is 2.13. The summed E-state index contributed by atoms with van der Waals surface area (Å²) in [6.07, 6.45) is 2.71. The van der Waals surface area contributed by atoms with Crippen LogP contribution in [-0.2, 0) is 17.6 Å². The third-order valence-electron chi connectivity index (χ3n) is 3.97. The molecule has 2 aromatic rings. The predicted molar refractivity (Wildman–Crippen MR) is 86.6 cm³/mol. The fourth-order valence-corrected chi connectivity index (χ4v) is 2.73. The summed E-state index contributed by atoms with van der Waals surface area (Å²) in [5.74, 6) is 0.0434. The van der Waals surface area contributed by atoms with Crippen LogP contribution in [0, 0.1) is 0 Å². The predicted octanol–water partition coefficient (Wildman–Crippen LogP) is 3.61. The lowest BCUT2D eigenvalue weighted by Gasteiger charge is -2.17. The van der Waals surface area contributed by atoms with E-state index >= 15 is 0 Å². The maximum absolute atomic E-state index is 12.4. The average molecular weight is 280 g/mol. The highest BCUT2D eigenvalue weighted by atomic mass is 16.2. The molecule has 1 aliphatic heterocycles. The molecule has 108 valence electrons. The van der Waals surface area contributed by atoms with Crippen molar-refractivity contribution in [2.75, 3.05) is 10.6 Å². The van der Waals surface area contributed by atoms with Crippen LogP contribution in [0.4, 0.5) is 11.4 Å². The first-order chi connectivity index (χ1) is 10.3. The number of carbonyl (C=O) groups is 1. The van der Waals surface area contributed by atoms with Gasteiger partial charge in [-0.05, 0) is 48.6 Å². The largest absolute Gasteiger partial charge is 0.374 e. The van der Waals surface area contributed by atoms with Crippen LogP contribution in [0.15, 0.2) is 48.5 Å². The van der Waals surface area contributed by atoms with Crippen LogP contribution < -0.4 is 10.6 Å². The summed E-state index contributed by atoms with van der Waals surface area (Å²) < 4.78 is 0. The fourth-order valence-electron chi connectivity index (χ4n) is 2.73. The number of fused-ring (bicyclic) bond motifs is 1. The Morgan fingerprint density at radius 1 is 1.19 bits per heavy atom. The van der Waals surface area contributed by atoms with E-state index in [1.54, 1.807) is 0 Å². The molecule has 0 saturated carbocycles. The van der Waals surface area contributed by atoms with Crippen molar-refractivity contribution in [2.24, 2.45) is 0 Å². The number of aryl methyl sites for hydroxylation is 2. The summed E-state index contributed by atoms with van der Waals surface area (Å²) in [7, 11) is 0. The van der Waals surface area contributed by atoms with Gasteiger partial charge in [0.1, 0.15) is 6.04 Å². The zero-order valence-electron chi connectivity index (χ0n) is 12.2. The van der Waals surface area contributed by atoms with Gasteiger partial charge >= 0.3 is 0 Å². The molecule has 1 heterocycles. The lowest BCUT2D eigenvalue weighted by molar-refractivity contribution is -0.116. The normalized spacial score (nSPS) is 17.6. The molecular weight excluding hydrogens is 260 g/mol. The molecule has 1 aliphatic rings. The first kappa shape index (κ1) is 13.7. The highest BCUT2D eigenvalue weighted by molar-refractivity contribution is 5.97. The van der Waals surface area contributed by atoms with Gasteiger partial charge in [0.2, 0.25) is 5.91 Å². The van der Waals surface area contributed by atoms with E-state index in [-0.39, 0.29) is 11.9 Å². The standard InChI is InChI=1S/C18H20N2O/c1-2-13-6-5-8-15(12-13)19-17-11-10-14-7-3-4-9-16(14)20-18(17)21/h3-9,12,17,19H,2,10-11H2,1H3,(H,20,21). The first-order valence-electron chi connectivity index (χ1n) is 7.50. The minimum atomic E-state index is -0.190. The Morgan fingerprint density at radius 3 is 2.90 bits per heavy atom. The van der Waals surface area contributed by atoms with Gasteiger partial charge in [-0.15, -0.1) is 0 Å². The van der Waals surface area contributed by atoms with Crippen molar-refractivity contribution in [3.05, 3.63) is 59.7 Å². The van der Waals surface area contributed by atoms with Crippen LogP contribution in [0.5, 0.6) is 0 Å². The van der Waals surface area contributed by atoms with Crippen molar-refractivity contribution >= 4 is 17.3 Å². The van der Waals surface area contributed by atoms with Crippen LogP contribution >= 0.6 is 0 Å². The van der Waals surface area contributed by atoms with E-state index in [4.69, 9.17) is 0 Å². The van der Waals surface area contributed by atoms with E-state index in [1.165, 1.54) is 11.1 Å². The van der Waals surface area contributed by atoms with E-state index in [1.807, 2.05) is 30.3 Å². The smallest absolute Gasteiger partial charge is 0.246 e. The number of hydrogen-bond donors (Lipinski definition) is 2. The molecule has 3 nitrogen and oxygen atoms in total. The second-order valence-corrected chi connectivity index (χ2v) is 5.44. The zero-order chi connectivity index (χ0) is 14.7. The molecule has 0 bridgehead atoms. The Labute approximate surface area is 125 Å². The Hall–Kier alpha value is -2.29. The molecule has 1 atom stereocenters. The molecule has 3 rings (SSSR count). The van der Waals surface area contributed by atoms with E-state index in [0.717, 1.165) is 30.6 Å². The van der Waals surface area contributed by atoms with Gasteiger partial charge in [0.15, 0.2) is 0 Å². The molecule has 0 aliphatic carbocycles. The van der Waals surface area contributed by atoms with E-state index in [2.05, 4.69) is 35.8 Å². The quantitative estimate of drug-likeness (QED) is 0.901. The van der Waals surface area contributed by atoms with Gasteiger partial charge in [0.25, 0.3) is 0 Å². The van der Waals surface area contributed by atoms with Crippen molar-refractivity contribution in [3.63, 3.8) is 0 Å². The molecule has 1 unspecified atom stereocenters. The topological polar surface area (TPSA) is 41.1 Å². The van der Waals surface area contributed by atoms with Gasteiger partial charge in [0.05, 0.1) is 0 Å². The minimum absolute atomic E-state index is 0.0434. The Bertz CT molecular complexity index is 651. The van der Waals surface area contributed by atoms with Crippen LogP contribution in [0.3, 0.4) is 0 Å². The maximum atomic E-state index is 12.4. The number of para-hydroxylation sites is 1. The number of rotatable bonds is 3. The van der Waals surface area contributed by atoms with Crippen molar-refractivity contribution in [2.45, 2.75) is 32.2 Å². The third kappa shape index (κ3) is 3.07. The summed E-state index contributed by atoms with van der Waals surface area (Å²) in [5, 5.41) is 6.39. The number of anilines is 2. The summed E-state index contributed by atoms with van der Waals surface area (Å²) in [5.41, 5.74) is 4.43. The summed E-state index contributed by atoms with van der Waals surface area (Å²) >= 11 is 0. The SMILES string of the molecule is CCc1cccc(NC2CCc3ccccc3NC2=O)c1. The molecule has 0 aromatic heterocycles. The summed E-state index contributed by atoms with van der Waals surface area (Å²) in [6, 6.07) is 16.1. The molecule has 0 spiro atoms. The summed E-state index contributed by atoms with van der Waals surface area (Å²) in [4.78, 5) is 12.4. The number of nitrogens with one attached hydrogen (secondary N) is 2. The molecule has 1 amide bonds. The van der Waals surface area contributed by atoms with Gasteiger partial charge < -0.3 is 10.6 Å². The molecule has 21 heavy (non-hydrogen) atoms. The maximum Gasteiger partial charge on any atom is 0.246 e. The van der Waals surface area contributed by atoms with E-state index in [0.29, 0.717) is 0 Å². The lowest BCUT2D eigenvalue weighted by Crippen LogP contribution is -2.33. The molecule has 0 saturated heterocycles. The van der Waals surface area contributed by atoms with Crippen LogP contribution in [0.2, 0.25) is 0 Å². The number of benzene rings is 2. The first-order valence-corrected chi connectivity index (χ1v) is 7.50. The zero-order valence-corrected chi connectivity index (χ0v) is 12.2. The fraction of sp³-hybridized carbons (Fsp3) is 0.278. The van der Waals surface area contributed by atoms with Crippen LogP contribution in [0.25, 0.3) is 0 Å². The van der Waals surface area contributed by atoms with Crippen LogP contribution in [0.1, 0.15) is 24.5 Å². The minimum Gasteiger partial charge on any atom is -0.374 e. The van der Waals surface area contributed by atoms with Crippen LogP contribution in [-0.4, -0.2) is 11.9 Å². The number of amides is 1. The Balaban J connectivity index is 1.76. The Kier molecular flexibility index (Phi) is 3.91. The molecule has 0 radical (unpaired) electrons. The highest BCUT2D eigenvalue weighted by Crippen LogP contribution is 2.23. The third-order valence-corrected chi connectivity index (χ3v) is 3.97. The highest BCUT2D eigenvalue weighted by Gasteiger charge is 2.23. The van der Waals surface area contributed by atoms with Crippen molar-refractivity contribution in [1.29, 1.82) is 0 Å². The van der Waals surface area contributed by atoms with Gasteiger partial charge in [-0.1, -0.05) is 37.3 Å². The van der Waals surface area contributed by atoms with Gasteiger partial charge in [0, 0.05) is 11.4 Å². The lowest BCUT2D eigenvalue weighted by atomic mass is 10.1. The second kappa shape index (κ2) is 6.00. The van der Waals surface area contributed by atoms with Crippen molar-refractivity contribution in [1.82, 2.24) is 0 Å². The number of hydrogen-bond acceptors (Lipinski definition) is 2. The monoisotopic (exact) mass is 280 g/mol. The van der Waals surface area contributed by atoms with Crippen molar-refractivity contribution in [3.8, 4) is 0 Å². The average Bonchev–Trinajstić information content (AvgIpc) is 2.67. The molecular formula is C18H20N2O. The van der Waals surface area contributed by atoms with Crippen molar-refractivity contribution < 1.29 is 4.79 Å². The molecule has 3 heteroatoms. The van der Waals surface area contributed by atoms with Gasteiger partial charge in [-0.3, -0.25) is 4.79 Å². The van der Waals surface area contributed by atoms with Gasteiger partial charge in [-0.25, -0.2) is 0 Å². The second-order valence-electron chi connectivity index (χ2n) is 5.44. The molecule has 2 aromatic carbocycles. The molecule has 2 N–H and O–H groups in total.